The van der Waals surface area contributed by atoms with Crippen molar-refractivity contribution in [3.8, 4) is 18.2 Å². The number of fused-ring (bicyclic) bond motifs is 1. The van der Waals surface area contributed by atoms with Crippen molar-refractivity contribution < 1.29 is 19.2 Å². The van der Waals surface area contributed by atoms with Crippen LogP contribution in [0, 0.1) is 50.2 Å². The lowest BCUT2D eigenvalue weighted by Crippen LogP contribution is -2.55. The van der Waals surface area contributed by atoms with E-state index in [9.17, 15) is 20.6 Å². The molecule has 4 aliphatic rings. The molecule has 2 N–H and O–H groups in total. The molecule has 4 rings (SSSR count). The highest BCUT2D eigenvalue weighted by atomic mass is 16.9. The minimum atomic E-state index is -2.36. The van der Waals surface area contributed by atoms with E-state index in [1.807, 2.05) is 18.2 Å². The SMILES string of the molecule is CC(=O)C12C(C)(ON=C3CCCC3)OC(N)(ON=C3CCCC3)C1(C#N)C2(C#N)C#N. The van der Waals surface area contributed by atoms with Crippen molar-refractivity contribution in [2.45, 2.75) is 76.9 Å². The molecule has 0 spiro atoms. The molecule has 1 heterocycles. The fraction of sp³-hybridized carbons (Fsp3) is 0.714. The summed E-state index contributed by atoms with van der Waals surface area (Å²) in [5.41, 5.74) is 1.58. The summed E-state index contributed by atoms with van der Waals surface area (Å²) in [6.07, 6.45) is 6.68. The molecule has 4 fully saturated rings. The van der Waals surface area contributed by atoms with E-state index in [0.717, 1.165) is 49.9 Å². The second-order valence-electron chi connectivity index (χ2n) is 8.77. The van der Waals surface area contributed by atoms with Gasteiger partial charge in [-0.05, 0) is 58.3 Å². The monoisotopic (exact) mass is 424 g/mol. The number of Topliss-reactive ketones (excluding diaryl/α,β-unsaturated/α-hetero) is 1. The predicted octanol–water partition coefficient (Wildman–Crippen LogP) is 2.37. The highest BCUT2D eigenvalue weighted by Gasteiger charge is 3.10. The molecule has 0 aromatic heterocycles. The van der Waals surface area contributed by atoms with Crippen LogP contribution in [-0.4, -0.2) is 28.9 Å². The maximum absolute atomic E-state index is 13.1. The summed E-state index contributed by atoms with van der Waals surface area (Å²) in [6, 6.07) is 5.67. The van der Waals surface area contributed by atoms with Crippen molar-refractivity contribution in [3.05, 3.63) is 0 Å². The summed E-state index contributed by atoms with van der Waals surface area (Å²) in [7, 11) is 0. The molecule has 4 unspecified atom stereocenters. The molecule has 31 heavy (non-hydrogen) atoms. The first-order valence-corrected chi connectivity index (χ1v) is 10.5. The number of hydrogen-bond donors (Lipinski definition) is 1. The second kappa shape index (κ2) is 6.75. The van der Waals surface area contributed by atoms with Crippen LogP contribution in [0.2, 0.25) is 0 Å². The first-order valence-electron chi connectivity index (χ1n) is 10.5. The number of nitrogens with zero attached hydrogens (tertiary/aromatic N) is 5. The summed E-state index contributed by atoms with van der Waals surface area (Å²) in [5, 5.41) is 38.5. The summed E-state index contributed by atoms with van der Waals surface area (Å²) < 4.78 is 5.91. The van der Waals surface area contributed by atoms with Crippen LogP contribution >= 0.6 is 0 Å². The third kappa shape index (κ3) is 2.23. The second-order valence-corrected chi connectivity index (χ2v) is 8.77. The number of ketones is 1. The highest BCUT2D eigenvalue weighted by Crippen LogP contribution is 2.89. The molecule has 10 heteroatoms. The zero-order valence-electron chi connectivity index (χ0n) is 17.6. The third-order valence-electron chi connectivity index (χ3n) is 7.23. The Morgan fingerprint density at radius 3 is 1.87 bits per heavy atom. The molecular weight excluding hydrogens is 400 g/mol. The smallest absolute Gasteiger partial charge is 0.319 e. The van der Waals surface area contributed by atoms with Gasteiger partial charge < -0.3 is 9.68 Å². The van der Waals surface area contributed by atoms with E-state index >= 15 is 0 Å². The van der Waals surface area contributed by atoms with Crippen molar-refractivity contribution in [2.24, 2.45) is 32.3 Å². The molecule has 3 aliphatic carbocycles. The lowest BCUT2D eigenvalue weighted by atomic mass is 9.82. The van der Waals surface area contributed by atoms with E-state index in [1.54, 1.807) is 0 Å². The molecule has 10 nitrogen and oxygen atoms in total. The molecule has 0 bridgehead atoms. The van der Waals surface area contributed by atoms with Gasteiger partial charge in [-0.25, -0.2) is 0 Å². The number of nitrogens with two attached hydrogens (primary N) is 1. The Morgan fingerprint density at radius 1 is 0.968 bits per heavy atom. The summed E-state index contributed by atoms with van der Waals surface area (Å²) in [6.45, 7) is 2.56. The van der Waals surface area contributed by atoms with E-state index in [0.29, 0.717) is 12.8 Å². The largest absolute Gasteiger partial charge is 0.359 e. The van der Waals surface area contributed by atoms with Gasteiger partial charge in [0.05, 0.1) is 29.6 Å². The van der Waals surface area contributed by atoms with Crippen LogP contribution in [0.1, 0.15) is 65.2 Å². The fourth-order valence-corrected chi connectivity index (χ4v) is 5.87. The van der Waals surface area contributed by atoms with Crippen LogP contribution in [0.25, 0.3) is 0 Å². The Hall–Kier alpha value is -3.00. The van der Waals surface area contributed by atoms with Gasteiger partial charge in [0.2, 0.25) is 0 Å². The molecule has 0 aromatic rings. The summed E-state index contributed by atoms with van der Waals surface area (Å²) >= 11 is 0. The molecule has 4 atom stereocenters. The van der Waals surface area contributed by atoms with E-state index in [2.05, 4.69) is 10.3 Å². The number of carbonyl (C=O) groups excluding carboxylic acids is 1. The van der Waals surface area contributed by atoms with E-state index in [4.69, 9.17) is 20.1 Å². The molecule has 0 radical (unpaired) electrons. The van der Waals surface area contributed by atoms with Crippen LogP contribution in [0.3, 0.4) is 0 Å². The zero-order valence-corrected chi connectivity index (χ0v) is 17.6. The Balaban J connectivity index is 1.86. The number of carbonyl (C=O) groups is 1. The third-order valence-corrected chi connectivity index (χ3v) is 7.23. The van der Waals surface area contributed by atoms with Crippen molar-refractivity contribution in [2.75, 3.05) is 0 Å². The van der Waals surface area contributed by atoms with Crippen LogP contribution in [-0.2, 0) is 19.2 Å². The first-order chi connectivity index (χ1) is 14.7. The quantitative estimate of drug-likeness (QED) is 0.518. The minimum Gasteiger partial charge on any atom is -0.359 e. The molecule has 1 saturated heterocycles. The summed E-state index contributed by atoms with van der Waals surface area (Å²) in [4.78, 5) is 24.3. The number of ether oxygens (including phenoxy) is 1. The van der Waals surface area contributed by atoms with Crippen LogP contribution < -0.4 is 5.73 Å². The van der Waals surface area contributed by atoms with Crippen molar-refractivity contribution in [1.29, 1.82) is 15.8 Å². The van der Waals surface area contributed by atoms with Gasteiger partial charge in [-0.2, -0.15) is 15.8 Å². The van der Waals surface area contributed by atoms with Crippen molar-refractivity contribution in [1.82, 2.24) is 0 Å². The Kier molecular flexibility index (Phi) is 4.62. The van der Waals surface area contributed by atoms with Gasteiger partial charge in [0, 0.05) is 6.92 Å². The van der Waals surface area contributed by atoms with E-state index in [-0.39, 0.29) is 0 Å². The molecule has 3 saturated carbocycles. The zero-order chi connectivity index (χ0) is 22.5. The van der Waals surface area contributed by atoms with E-state index in [1.165, 1.54) is 13.8 Å². The normalized spacial score (nSPS) is 39.6. The van der Waals surface area contributed by atoms with Crippen LogP contribution in [0.5, 0.6) is 0 Å². The van der Waals surface area contributed by atoms with Gasteiger partial charge in [0.25, 0.3) is 5.79 Å². The lowest BCUT2D eigenvalue weighted by molar-refractivity contribution is -0.348. The first kappa shape index (κ1) is 21.2. The number of oxime groups is 2. The number of rotatable bonds is 5. The summed E-state index contributed by atoms with van der Waals surface area (Å²) in [5.74, 6) is -4.99. The van der Waals surface area contributed by atoms with Gasteiger partial charge in [0.15, 0.2) is 16.2 Å². The van der Waals surface area contributed by atoms with Gasteiger partial charge in [-0.15, -0.1) is 0 Å². The van der Waals surface area contributed by atoms with Gasteiger partial charge in [-0.1, -0.05) is 10.3 Å². The maximum Gasteiger partial charge on any atom is 0.319 e. The number of nitriles is 3. The maximum atomic E-state index is 13.1. The Labute approximate surface area is 180 Å². The van der Waals surface area contributed by atoms with Gasteiger partial charge >= 0.3 is 5.91 Å². The van der Waals surface area contributed by atoms with Crippen LogP contribution in [0.15, 0.2) is 10.3 Å². The molecular formula is C21H24N6O4. The van der Waals surface area contributed by atoms with Crippen molar-refractivity contribution >= 4 is 17.2 Å². The van der Waals surface area contributed by atoms with E-state index < -0.39 is 33.7 Å². The number of hydrogen-bond acceptors (Lipinski definition) is 10. The fourth-order valence-electron chi connectivity index (χ4n) is 5.87. The standard InChI is InChI=1S/C21H24N6O4/c1-14(28)20-17(2,30-26-15-7-3-4-8-15)29-21(25,31-27-16-9-5-6-10-16)19(20,13-24)18(20,11-22)12-23/h3-10,25H2,1-2H3. The molecule has 162 valence electrons. The minimum absolute atomic E-state index is 0.643. The highest BCUT2D eigenvalue weighted by molar-refractivity contribution is 5.95. The van der Waals surface area contributed by atoms with Gasteiger partial charge in [0.1, 0.15) is 5.78 Å². The van der Waals surface area contributed by atoms with Crippen molar-refractivity contribution in [3.63, 3.8) is 0 Å². The molecule has 0 amide bonds. The Morgan fingerprint density at radius 2 is 1.45 bits per heavy atom. The molecule has 1 aliphatic heterocycles. The topological polar surface area (TPSA) is 167 Å². The lowest BCUT2D eigenvalue weighted by Gasteiger charge is -2.35. The van der Waals surface area contributed by atoms with Crippen LogP contribution in [0.4, 0.5) is 0 Å². The average Bonchev–Trinajstić information content (AvgIpc) is 3.24. The van der Waals surface area contributed by atoms with Gasteiger partial charge in [-0.3, -0.25) is 15.3 Å². The predicted molar refractivity (Wildman–Crippen MR) is 105 cm³/mol. The average molecular weight is 424 g/mol. The molecule has 0 aromatic carbocycles. The Bertz CT molecular complexity index is 988.